The molecule has 3 aliphatic carbocycles. The van der Waals surface area contributed by atoms with Crippen LogP contribution in [0.2, 0.25) is 0 Å². The quantitative estimate of drug-likeness (QED) is 0.566. The zero-order valence-electron chi connectivity index (χ0n) is 17.9. The largest absolute Gasteiger partial charge is 0.494 e. The first-order valence-corrected chi connectivity index (χ1v) is 11.1. The third-order valence-electron chi connectivity index (χ3n) is 8.27. The molecule has 154 valence electrons. The van der Waals surface area contributed by atoms with E-state index in [9.17, 15) is 5.11 Å². The van der Waals surface area contributed by atoms with Crippen molar-refractivity contribution in [2.24, 2.45) is 17.3 Å². The molecule has 0 bridgehead atoms. The summed E-state index contributed by atoms with van der Waals surface area (Å²) in [6.07, 6.45) is 9.59. The first kappa shape index (κ1) is 20.0. The molecule has 3 nitrogen and oxygen atoms in total. The van der Waals surface area contributed by atoms with Crippen molar-refractivity contribution in [3.8, 4) is 5.75 Å². The van der Waals surface area contributed by atoms with E-state index in [0.717, 1.165) is 51.0 Å². The van der Waals surface area contributed by atoms with Crippen molar-refractivity contribution in [1.29, 1.82) is 0 Å². The van der Waals surface area contributed by atoms with E-state index in [4.69, 9.17) is 4.74 Å². The maximum absolute atomic E-state index is 11.2. The van der Waals surface area contributed by atoms with Gasteiger partial charge in [0.15, 0.2) is 0 Å². The molecule has 2 fully saturated rings. The summed E-state index contributed by atoms with van der Waals surface area (Å²) in [4.78, 5) is 2.20. The second-order valence-electron chi connectivity index (χ2n) is 9.90. The summed E-state index contributed by atoms with van der Waals surface area (Å²) in [5.74, 6) is 2.99. The van der Waals surface area contributed by atoms with Gasteiger partial charge in [0.1, 0.15) is 5.75 Å². The van der Waals surface area contributed by atoms with E-state index in [1.165, 1.54) is 18.4 Å². The Labute approximate surface area is 170 Å². The fourth-order valence-electron chi connectivity index (χ4n) is 6.61. The van der Waals surface area contributed by atoms with E-state index >= 15 is 0 Å². The third kappa shape index (κ3) is 3.21. The predicted molar refractivity (Wildman–Crippen MR) is 115 cm³/mol. The van der Waals surface area contributed by atoms with Crippen LogP contribution >= 0.6 is 0 Å². The summed E-state index contributed by atoms with van der Waals surface area (Å²) >= 11 is 0. The van der Waals surface area contributed by atoms with Crippen LogP contribution in [-0.2, 0) is 6.42 Å². The van der Waals surface area contributed by atoms with Gasteiger partial charge in [-0.1, -0.05) is 19.1 Å². The number of aliphatic hydroxyl groups is 1. The summed E-state index contributed by atoms with van der Waals surface area (Å²) in [6, 6.07) is 6.81. The highest BCUT2D eigenvalue weighted by Crippen LogP contribution is 2.64. The van der Waals surface area contributed by atoms with Gasteiger partial charge in [0.25, 0.3) is 0 Å². The Morgan fingerprint density at radius 3 is 2.82 bits per heavy atom. The highest BCUT2D eigenvalue weighted by Gasteiger charge is 2.60. The van der Waals surface area contributed by atoms with Crippen LogP contribution in [-0.4, -0.2) is 42.9 Å². The van der Waals surface area contributed by atoms with E-state index in [1.807, 2.05) is 6.08 Å². The fourth-order valence-corrected chi connectivity index (χ4v) is 6.61. The van der Waals surface area contributed by atoms with Crippen LogP contribution in [0.15, 0.2) is 30.9 Å². The van der Waals surface area contributed by atoms with Gasteiger partial charge in [-0.15, -0.1) is 6.58 Å². The molecule has 1 N–H and O–H groups in total. The molecule has 0 amide bonds. The lowest BCUT2D eigenvalue weighted by Gasteiger charge is -2.52. The molecule has 0 heterocycles. The maximum Gasteiger partial charge on any atom is 0.119 e. The highest BCUT2D eigenvalue weighted by molar-refractivity contribution is 5.41. The minimum absolute atomic E-state index is 0.00289. The summed E-state index contributed by atoms with van der Waals surface area (Å²) in [5.41, 5.74) is 2.37. The van der Waals surface area contributed by atoms with Crippen molar-refractivity contribution in [3.63, 3.8) is 0 Å². The van der Waals surface area contributed by atoms with E-state index in [0.29, 0.717) is 17.8 Å². The van der Waals surface area contributed by atoms with Crippen LogP contribution in [0.1, 0.15) is 62.5 Å². The molecule has 3 aliphatic rings. The Bertz CT molecular complexity index is 729. The molecular weight excluding hydrogens is 346 g/mol. The van der Waals surface area contributed by atoms with Crippen LogP contribution < -0.4 is 4.74 Å². The topological polar surface area (TPSA) is 32.7 Å². The summed E-state index contributed by atoms with van der Waals surface area (Å²) in [5, 5.41) is 11.2. The molecule has 4 rings (SSSR count). The molecule has 0 aromatic heterocycles. The predicted octanol–water partition coefficient (Wildman–Crippen LogP) is 4.79. The van der Waals surface area contributed by atoms with Gasteiger partial charge >= 0.3 is 0 Å². The lowest BCUT2D eigenvalue weighted by atomic mass is 9.53. The fraction of sp³-hybridized carbons (Fsp3) is 0.680. The molecule has 5 atom stereocenters. The van der Waals surface area contributed by atoms with Crippen LogP contribution in [0.5, 0.6) is 5.75 Å². The molecule has 1 aromatic rings. The van der Waals surface area contributed by atoms with E-state index < -0.39 is 5.60 Å². The van der Waals surface area contributed by atoms with Crippen molar-refractivity contribution in [2.45, 2.75) is 63.4 Å². The Morgan fingerprint density at radius 2 is 2.07 bits per heavy atom. The van der Waals surface area contributed by atoms with Gasteiger partial charge in [0.05, 0.1) is 12.2 Å². The Kier molecular flexibility index (Phi) is 5.35. The zero-order chi connectivity index (χ0) is 19.9. The lowest BCUT2D eigenvalue weighted by Crippen LogP contribution is -2.49. The van der Waals surface area contributed by atoms with Gasteiger partial charge in [-0.25, -0.2) is 0 Å². The smallest absolute Gasteiger partial charge is 0.119 e. The van der Waals surface area contributed by atoms with Crippen molar-refractivity contribution in [3.05, 3.63) is 42.0 Å². The van der Waals surface area contributed by atoms with Crippen LogP contribution in [0, 0.1) is 17.3 Å². The van der Waals surface area contributed by atoms with Crippen LogP contribution in [0.3, 0.4) is 0 Å². The number of ether oxygens (including phenoxy) is 1. The van der Waals surface area contributed by atoms with Gasteiger partial charge in [0, 0.05) is 12.0 Å². The summed E-state index contributed by atoms with van der Waals surface area (Å²) < 4.78 is 6.01. The molecule has 3 heteroatoms. The van der Waals surface area contributed by atoms with Crippen molar-refractivity contribution < 1.29 is 9.84 Å². The number of nitrogens with zero attached hydrogens (tertiary/aromatic N) is 1. The normalized spacial score (nSPS) is 36.5. The van der Waals surface area contributed by atoms with Gasteiger partial charge in [-0.2, -0.15) is 0 Å². The van der Waals surface area contributed by atoms with E-state index in [-0.39, 0.29) is 5.41 Å². The average molecular weight is 384 g/mol. The molecule has 28 heavy (non-hydrogen) atoms. The second kappa shape index (κ2) is 7.50. The van der Waals surface area contributed by atoms with Crippen LogP contribution in [0.4, 0.5) is 0 Å². The molecule has 0 aliphatic heterocycles. The van der Waals surface area contributed by atoms with Gasteiger partial charge < -0.3 is 14.7 Å². The Balaban J connectivity index is 1.48. The number of benzene rings is 1. The SMILES string of the molecule is C=C[C@]1(O)CC[C@H]2[C@@H]3CCc4cc(OCCCN(C)C)ccc4[C@H]3CC[C@@]21C. The lowest BCUT2D eigenvalue weighted by molar-refractivity contribution is -0.0707. The number of hydrogen-bond donors (Lipinski definition) is 1. The molecular formula is C25H37NO2. The summed E-state index contributed by atoms with van der Waals surface area (Å²) in [7, 11) is 4.20. The Morgan fingerprint density at radius 1 is 1.25 bits per heavy atom. The average Bonchev–Trinajstić information content (AvgIpc) is 2.96. The molecule has 1 aromatic carbocycles. The molecule has 0 unspecified atom stereocenters. The van der Waals surface area contributed by atoms with Gasteiger partial charge in [0.2, 0.25) is 0 Å². The highest BCUT2D eigenvalue weighted by atomic mass is 16.5. The minimum Gasteiger partial charge on any atom is -0.494 e. The zero-order valence-corrected chi connectivity index (χ0v) is 17.9. The number of fused-ring (bicyclic) bond motifs is 5. The molecule has 2 saturated carbocycles. The van der Waals surface area contributed by atoms with Crippen molar-refractivity contribution >= 4 is 0 Å². The molecule has 0 spiro atoms. The first-order chi connectivity index (χ1) is 13.4. The third-order valence-corrected chi connectivity index (χ3v) is 8.27. The number of hydrogen-bond acceptors (Lipinski definition) is 3. The summed E-state index contributed by atoms with van der Waals surface area (Å²) in [6.45, 7) is 8.14. The first-order valence-electron chi connectivity index (χ1n) is 11.1. The standard InChI is InChI=1S/C25H37NO2/c1-5-25(27)14-12-23-22-9-7-18-17-19(28-16-6-15-26(3)4)8-10-20(18)21(22)11-13-24(23,25)2/h5,8,10,17,21-23,27H,1,6-7,9,11-16H2,2-4H3/t21-,22-,23+,24+,25+/m1/s1. The molecule has 0 radical (unpaired) electrons. The van der Waals surface area contributed by atoms with E-state index in [1.54, 1.807) is 5.56 Å². The van der Waals surface area contributed by atoms with Crippen molar-refractivity contribution in [2.75, 3.05) is 27.2 Å². The maximum atomic E-state index is 11.2. The number of aryl methyl sites for hydroxylation is 1. The minimum atomic E-state index is -0.673. The van der Waals surface area contributed by atoms with Crippen molar-refractivity contribution in [1.82, 2.24) is 4.90 Å². The number of rotatable bonds is 6. The van der Waals surface area contributed by atoms with Crippen LogP contribution in [0.25, 0.3) is 0 Å². The van der Waals surface area contributed by atoms with E-state index in [2.05, 4.69) is 50.7 Å². The van der Waals surface area contributed by atoms with Gasteiger partial charge in [-0.3, -0.25) is 0 Å². The molecule has 0 saturated heterocycles. The second-order valence-corrected chi connectivity index (χ2v) is 9.90. The Hall–Kier alpha value is -1.32. The monoisotopic (exact) mass is 383 g/mol. The van der Waals surface area contributed by atoms with Gasteiger partial charge in [-0.05, 0) is 100 Å².